The zero-order valence-corrected chi connectivity index (χ0v) is 15.5. The first-order valence-electron chi connectivity index (χ1n) is 9.10. The van der Waals surface area contributed by atoms with Crippen LogP contribution in [0.25, 0.3) is 0 Å². The van der Waals surface area contributed by atoms with E-state index in [1.54, 1.807) is 11.3 Å². The van der Waals surface area contributed by atoms with Gasteiger partial charge in [-0.1, -0.05) is 19.8 Å². The van der Waals surface area contributed by atoms with Gasteiger partial charge in [0.25, 0.3) is 0 Å². The Morgan fingerprint density at radius 2 is 2.08 bits per heavy atom. The zero-order chi connectivity index (χ0) is 17.1. The monoisotopic (exact) mass is 349 g/mol. The minimum atomic E-state index is -0.0672. The van der Waals surface area contributed by atoms with Gasteiger partial charge in [0.05, 0.1) is 23.2 Å². The molecule has 2 aliphatic rings. The van der Waals surface area contributed by atoms with E-state index in [2.05, 4.69) is 17.2 Å². The Morgan fingerprint density at radius 1 is 1.33 bits per heavy atom. The number of thiazole rings is 1. The lowest BCUT2D eigenvalue weighted by Gasteiger charge is -2.36. The van der Waals surface area contributed by atoms with Crippen LogP contribution >= 0.6 is 11.3 Å². The van der Waals surface area contributed by atoms with E-state index in [-0.39, 0.29) is 17.7 Å². The van der Waals surface area contributed by atoms with Crippen LogP contribution in [0.4, 0.5) is 0 Å². The van der Waals surface area contributed by atoms with E-state index in [9.17, 15) is 9.59 Å². The average molecular weight is 350 g/mol. The molecule has 2 heterocycles. The summed E-state index contributed by atoms with van der Waals surface area (Å²) in [6.07, 6.45) is 6.68. The highest BCUT2D eigenvalue weighted by Crippen LogP contribution is 2.29. The summed E-state index contributed by atoms with van der Waals surface area (Å²) in [6.45, 7) is 5.24. The number of carbonyl (C=O) groups is 2. The van der Waals surface area contributed by atoms with Gasteiger partial charge in [0.15, 0.2) is 0 Å². The lowest BCUT2D eigenvalue weighted by molar-refractivity contribution is -0.140. The normalized spacial score (nSPS) is 22.2. The van der Waals surface area contributed by atoms with Gasteiger partial charge in [0.2, 0.25) is 11.8 Å². The van der Waals surface area contributed by atoms with Crippen molar-refractivity contribution in [3.63, 3.8) is 0 Å². The molecule has 3 rings (SSSR count). The van der Waals surface area contributed by atoms with Crippen molar-refractivity contribution in [2.24, 2.45) is 5.92 Å². The maximum Gasteiger partial charge on any atom is 0.225 e. The number of aryl methyl sites for hydroxylation is 2. The summed E-state index contributed by atoms with van der Waals surface area (Å²) in [6, 6.07) is 0.365. The lowest BCUT2D eigenvalue weighted by atomic mass is 9.95. The Hall–Kier alpha value is -1.43. The fraction of sp³-hybridized carbons (Fsp3) is 0.722. The molecule has 2 fully saturated rings. The Balaban J connectivity index is 1.57. The first-order chi connectivity index (χ1) is 11.6. The Labute approximate surface area is 147 Å². The molecule has 0 spiro atoms. The van der Waals surface area contributed by atoms with Crippen LogP contribution in [0, 0.1) is 12.8 Å². The van der Waals surface area contributed by atoms with E-state index < -0.39 is 0 Å². The number of rotatable bonds is 5. The van der Waals surface area contributed by atoms with Crippen molar-refractivity contribution in [3.8, 4) is 0 Å². The predicted octanol–water partition coefficient (Wildman–Crippen LogP) is 2.81. The molecule has 0 radical (unpaired) electrons. The number of piperidine rings is 1. The fourth-order valence-corrected chi connectivity index (χ4v) is 4.86. The van der Waals surface area contributed by atoms with Gasteiger partial charge in [-0.3, -0.25) is 9.59 Å². The molecule has 1 aromatic rings. The quantitative estimate of drug-likeness (QED) is 0.889. The van der Waals surface area contributed by atoms with Crippen LogP contribution in [0.5, 0.6) is 0 Å². The van der Waals surface area contributed by atoms with Crippen LogP contribution in [0.1, 0.15) is 61.0 Å². The summed E-state index contributed by atoms with van der Waals surface area (Å²) >= 11 is 1.66. The van der Waals surface area contributed by atoms with E-state index in [1.807, 2.05) is 11.8 Å². The van der Waals surface area contributed by atoms with Gasteiger partial charge in [0, 0.05) is 23.9 Å². The number of aromatic nitrogens is 1. The molecule has 1 N–H and O–H groups in total. The molecule has 5 nitrogen and oxygen atoms in total. The summed E-state index contributed by atoms with van der Waals surface area (Å²) in [5.74, 6) is 0.248. The molecule has 1 aliphatic heterocycles. The number of nitrogens with zero attached hydrogens (tertiary/aromatic N) is 2. The summed E-state index contributed by atoms with van der Waals surface area (Å²) in [5.41, 5.74) is 1.09. The van der Waals surface area contributed by atoms with E-state index in [4.69, 9.17) is 0 Å². The zero-order valence-electron chi connectivity index (χ0n) is 14.6. The molecule has 1 saturated heterocycles. The third-order valence-electron chi connectivity index (χ3n) is 5.22. The van der Waals surface area contributed by atoms with Crippen LogP contribution < -0.4 is 5.32 Å². The standard InChI is InChI=1S/C18H27N3O2S/c1-3-15-16(24-12(2)20-15)10-19-18(23)13-8-9-17(22)21(11-13)14-6-4-5-7-14/h13-14H,3-11H2,1-2H3,(H,19,23)/t13-/m0/s1. The first kappa shape index (κ1) is 17.4. The topological polar surface area (TPSA) is 62.3 Å². The molecule has 0 aromatic carbocycles. The van der Waals surface area contributed by atoms with Crippen molar-refractivity contribution < 1.29 is 9.59 Å². The Bertz CT molecular complexity index is 607. The van der Waals surface area contributed by atoms with E-state index in [0.29, 0.717) is 32.0 Å². The molecular formula is C18H27N3O2S. The van der Waals surface area contributed by atoms with E-state index in [1.165, 1.54) is 12.8 Å². The van der Waals surface area contributed by atoms with Crippen molar-refractivity contribution >= 4 is 23.2 Å². The van der Waals surface area contributed by atoms with Crippen LogP contribution in [-0.2, 0) is 22.6 Å². The Morgan fingerprint density at radius 3 is 2.79 bits per heavy atom. The number of hydrogen-bond acceptors (Lipinski definition) is 4. The van der Waals surface area contributed by atoms with Crippen LogP contribution in [0.3, 0.4) is 0 Å². The molecule has 1 atom stereocenters. The molecule has 0 unspecified atom stereocenters. The molecule has 1 aliphatic carbocycles. The largest absolute Gasteiger partial charge is 0.351 e. The number of nitrogens with one attached hydrogen (secondary N) is 1. The number of amides is 2. The van der Waals surface area contributed by atoms with Gasteiger partial charge >= 0.3 is 0 Å². The predicted molar refractivity (Wildman–Crippen MR) is 94.8 cm³/mol. The van der Waals surface area contributed by atoms with Gasteiger partial charge in [-0.05, 0) is 32.6 Å². The number of carbonyl (C=O) groups excluding carboxylic acids is 2. The summed E-state index contributed by atoms with van der Waals surface area (Å²) in [4.78, 5) is 32.4. The first-order valence-corrected chi connectivity index (χ1v) is 9.92. The fourth-order valence-electron chi connectivity index (χ4n) is 3.89. The third kappa shape index (κ3) is 3.79. The van der Waals surface area contributed by atoms with Crippen molar-refractivity contribution in [2.45, 2.75) is 71.4 Å². The highest BCUT2D eigenvalue weighted by molar-refractivity contribution is 7.11. The SMILES string of the molecule is CCc1nc(C)sc1CNC(=O)[C@H]1CCC(=O)N(C2CCCC2)C1. The van der Waals surface area contributed by atoms with Gasteiger partial charge < -0.3 is 10.2 Å². The molecule has 1 saturated carbocycles. The molecule has 1 aromatic heterocycles. The van der Waals surface area contributed by atoms with Gasteiger partial charge in [-0.15, -0.1) is 11.3 Å². The van der Waals surface area contributed by atoms with Crippen molar-refractivity contribution in [3.05, 3.63) is 15.6 Å². The average Bonchev–Trinajstić information content (AvgIpc) is 3.22. The van der Waals surface area contributed by atoms with E-state index in [0.717, 1.165) is 34.8 Å². The van der Waals surface area contributed by atoms with E-state index >= 15 is 0 Å². The minimum absolute atomic E-state index is 0.0672. The molecule has 132 valence electrons. The molecular weight excluding hydrogens is 322 g/mol. The maximum absolute atomic E-state index is 12.6. The maximum atomic E-state index is 12.6. The summed E-state index contributed by atoms with van der Waals surface area (Å²) in [7, 11) is 0. The van der Waals surface area contributed by atoms with Crippen LogP contribution in [0.2, 0.25) is 0 Å². The third-order valence-corrected chi connectivity index (χ3v) is 6.24. The van der Waals surface area contributed by atoms with Crippen molar-refractivity contribution in [1.29, 1.82) is 0 Å². The second-order valence-corrected chi connectivity index (χ2v) is 8.18. The Kier molecular flexibility index (Phi) is 5.54. The van der Waals surface area contributed by atoms with Crippen LogP contribution in [0.15, 0.2) is 0 Å². The molecule has 6 heteroatoms. The second kappa shape index (κ2) is 7.64. The molecule has 24 heavy (non-hydrogen) atoms. The van der Waals surface area contributed by atoms with Gasteiger partial charge in [-0.25, -0.2) is 4.98 Å². The van der Waals surface area contributed by atoms with Crippen molar-refractivity contribution in [2.75, 3.05) is 6.54 Å². The number of likely N-dealkylation sites (tertiary alicyclic amines) is 1. The van der Waals surface area contributed by atoms with Crippen molar-refractivity contribution in [1.82, 2.24) is 15.2 Å². The van der Waals surface area contributed by atoms with Crippen LogP contribution in [-0.4, -0.2) is 34.3 Å². The van der Waals surface area contributed by atoms with Gasteiger partial charge in [0.1, 0.15) is 0 Å². The number of hydrogen-bond donors (Lipinski definition) is 1. The molecule has 2 amide bonds. The summed E-state index contributed by atoms with van der Waals surface area (Å²) in [5, 5.41) is 4.12. The highest BCUT2D eigenvalue weighted by atomic mass is 32.1. The summed E-state index contributed by atoms with van der Waals surface area (Å²) < 4.78 is 0. The molecule has 0 bridgehead atoms. The smallest absolute Gasteiger partial charge is 0.225 e. The highest BCUT2D eigenvalue weighted by Gasteiger charge is 2.35. The lowest BCUT2D eigenvalue weighted by Crippen LogP contribution is -2.49. The minimum Gasteiger partial charge on any atom is -0.351 e. The van der Waals surface area contributed by atoms with Gasteiger partial charge in [-0.2, -0.15) is 0 Å². The second-order valence-electron chi connectivity index (χ2n) is 6.89.